The van der Waals surface area contributed by atoms with E-state index >= 15 is 0 Å². The van der Waals surface area contributed by atoms with Crippen molar-refractivity contribution < 1.29 is 0 Å². The van der Waals surface area contributed by atoms with E-state index in [1.165, 1.54) is 27.7 Å². The van der Waals surface area contributed by atoms with Crippen molar-refractivity contribution in [3.05, 3.63) is 33.0 Å². The second-order valence-corrected chi connectivity index (χ2v) is 9.30. The van der Waals surface area contributed by atoms with Crippen LogP contribution in [-0.4, -0.2) is 43.2 Å². The normalized spacial score (nSPS) is 16.0. The third-order valence-electron chi connectivity index (χ3n) is 4.58. The molecular weight excluding hydrogens is 374 g/mol. The van der Waals surface area contributed by atoms with Gasteiger partial charge in [-0.3, -0.25) is 4.99 Å². The molecule has 0 bridgehead atoms. The number of aromatic nitrogens is 1. The highest BCUT2D eigenvalue weighted by atomic mass is 32.1. The van der Waals surface area contributed by atoms with Crippen LogP contribution in [0, 0.1) is 6.92 Å². The summed E-state index contributed by atoms with van der Waals surface area (Å²) in [6.07, 6.45) is 4.49. The van der Waals surface area contributed by atoms with E-state index in [-0.39, 0.29) is 0 Å². The molecule has 0 saturated carbocycles. The van der Waals surface area contributed by atoms with E-state index in [2.05, 4.69) is 53.8 Å². The number of rotatable bonds is 8. The van der Waals surface area contributed by atoms with Crippen LogP contribution in [0.2, 0.25) is 0 Å². The lowest BCUT2D eigenvalue weighted by molar-refractivity contribution is 0.645. The summed E-state index contributed by atoms with van der Waals surface area (Å²) >= 11 is 3.64. The van der Waals surface area contributed by atoms with Crippen molar-refractivity contribution in [1.82, 2.24) is 15.6 Å². The van der Waals surface area contributed by atoms with E-state index in [1.807, 2.05) is 11.3 Å². The standard InChI is InChI=1S/C20H31N5S2/c1-4-21-19(23-15(2)13-18-8-7-16(3)27-18)22-10-9-17-14-26-20(24-17)25-11-5-6-12-25/h7-8,14-15H,4-6,9-13H2,1-3H3,(H2,21,22,23). The molecule has 0 radical (unpaired) electrons. The minimum Gasteiger partial charge on any atom is -0.357 e. The molecule has 27 heavy (non-hydrogen) atoms. The van der Waals surface area contributed by atoms with Crippen molar-refractivity contribution in [2.45, 2.75) is 52.5 Å². The number of hydrogen-bond acceptors (Lipinski definition) is 5. The molecule has 1 aliphatic rings. The van der Waals surface area contributed by atoms with Gasteiger partial charge in [0.05, 0.1) is 5.69 Å². The molecule has 0 amide bonds. The van der Waals surface area contributed by atoms with Gasteiger partial charge in [-0.25, -0.2) is 4.98 Å². The van der Waals surface area contributed by atoms with Gasteiger partial charge in [0.1, 0.15) is 0 Å². The summed E-state index contributed by atoms with van der Waals surface area (Å²) in [5.74, 6) is 0.897. The molecule has 7 heteroatoms. The summed E-state index contributed by atoms with van der Waals surface area (Å²) in [7, 11) is 0. The SMILES string of the molecule is CCNC(=NCCc1csc(N2CCCC2)n1)NC(C)Cc1ccc(C)s1. The third-order valence-corrected chi connectivity index (χ3v) is 6.56. The smallest absolute Gasteiger partial charge is 0.191 e. The van der Waals surface area contributed by atoms with E-state index in [0.717, 1.165) is 50.7 Å². The van der Waals surface area contributed by atoms with Gasteiger partial charge in [0.2, 0.25) is 0 Å². The van der Waals surface area contributed by atoms with Crippen LogP contribution in [-0.2, 0) is 12.8 Å². The zero-order chi connectivity index (χ0) is 19.1. The molecule has 2 aromatic rings. The first kappa shape index (κ1) is 20.1. The molecule has 3 heterocycles. The number of aliphatic imine (C=N–C) groups is 1. The van der Waals surface area contributed by atoms with Crippen molar-refractivity contribution in [2.75, 3.05) is 31.1 Å². The third kappa shape index (κ3) is 6.21. The molecule has 1 aliphatic heterocycles. The van der Waals surface area contributed by atoms with Gasteiger partial charge >= 0.3 is 0 Å². The van der Waals surface area contributed by atoms with Gasteiger partial charge in [0, 0.05) is 60.2 Å². The predicted octanol–water partition coefficient (Wildman–Crippen LogP) is 3.84. The quantitative estimate of drug-likeness (QED) is 0.517. The molecule has 3 rings (SSSR count). The Balaban J connectivity index is 1.49. The van der Waals surface area contributed by atoms with E-state index in [1.54, 1.807) is 11.3 Å². The number of hydrogen-bond donors (Lipinski definition) is 2. The Kier molecular flexibility index (Phi) is 7.52. The lowest BCUT2D eigenvalue weighted by Gasteiger charge is -2.17. The van der Waals surface area contributed by atoms with Gasteiger partial charge in [-0.2, -0.15) is 0 Å². The number of anilines is 1. The maximum absolute atomic E-state index is 4.79. The molecule has 0 aliphatic carbocycles. The first-order valence-electron chi connectivity index (χ1n) is 9.93. The van der Waals surface area contributed by atoms with Crippen molar-refractivity contribution in [3.8, 4) is 0 Å². The molecule has 1 unspecified atom stereocenters. The van der Waals surface area contributed by atoms with Gasteiger partial charge in [-0.1, -0.05) is 0 Å². The summed E-state index contributed by atoms with van der Waals surface area (Å²) in [5, 5.41) is 10.3. The average Bonchev–Trinajstić information content (AvgIpc) is 3.36. The van der Waals surface area contributed by atoms with Gasteiger partial charge in [0.15, 0.2) is 11.1 Å². The Labute approximate surface area is 170 Å². The van der Waals surface area contributed by atoms with Crippen LogP contribution in [0.4, 0.5) is 5.13 Å². The van der Waals surface area contributed by atoms with Gasteiger partial charge in [-0.05, 0) is 45.7 Å². The molecule has 2 N–H and O–H groups in total. The molecule has 1 saturated heterocycles. The first-order valence-corrected chi connectivity index (χ1v) is 11.6. The molecule has 148 valence electrons. The largest absolute Gasteiger partial charge is 0.357 e. The van der Waals surface area contributed by atoms with Crippen LogP contribution < -0.4 is 15.5 Å². The lowest BCUT2D eigenvalue weighted by Crippen LogP contribution is -2.43. The van der Waals surface area contributed by atoms with E-state index in [0.29, 0.717) is 6.04 Å². The zero-order valence-electron chi connectivity index (χ0n) is 16.6. The molecule has 0 aromatic carbocycles. The molecule has 1 atom stereocenters. The summed E-state index contributed by atoms with van der Waals surface area (Å²) < 4.78 is 0. The maximum Gasteiger partial charge on any atom is 0.191 e. The minimum atomic E-state index is 0.349. The molecule has 0 spiro atoms. The summed E-state index contributed by atoms with van der Waals surface area (Å²) in [4.78, 5) is 14.7. The van der Waals surface area contributed by atoms with Gasteiger partial charge in [0.25, 0.3) is 0 Å². The van der Waals surface area contributed by atoms with Crippen molar-refractivity contribution in [2.24, 2.45) is 4.99 Å². The fourth-order valence-corrected chi connectivity index (χ4v) is 5.18. The predicted molar refractivity (Wildman–Crippen MR) is 119 cm³/mol. The first-order chi connectivity index (χ1) is 13.1. The Morgan fingerprint density at radius 2 is 2.15 bits per heavy atom. The number of thiophene rings is 1. The Hall–Kier alpha value is -1.60. The molecule has 5 nitrogen and oxygen atoms in total. The number of aryl methyl sites for hydroxylation is 1. The highest BCUT2D eigenvalue weighted by Crippen LogP contribution is 2.24. The van der Waals surface area contributed by atoms with E-state index in [4.69, 9.17) is 9.98 Å². The fourth-order valence-electron chi connectivity index (χ4n) is 3.25. The molecular formula is C20H31N5S2. The highest BCUT2D eigenvalue weighted by molar-refractivity contribution is 7.13. The highest BCUT2D eigenvalue weighted by Gasteiger charge is 2.15. The van der Waals surface area contributed by atoms with Crippen LogP contribution >= 0.6 is 22.7 Å². The number of nitrogens with zero attached hydrogens (tertiary/aromatic N) is 3. The summed E-state index contributed by atoms with van der Waals surface area (Å²) in [5.41, 5.74) is 1.16. The fraction of sp³-hybridized carbons (Fsp3) is 0.600. The van der Waals surface area contributed by atoms with Crippen molar-refractivity contribution in [1.29, 1.82) is 0 Å². The maximum atomic E-state index is 4.79. The van der Waals surface area contributed by atoms with Gasteiger partial charge in [-0.15, -0.1) is 22.7 Å². The summed E-state index contributed by atoms with van der Waals surface area (Å²) in [6.45, 7) is 10.4. The summed E-state index contributed by atoms with van der Waals surface area (Å²) in [6, 6.07) is 4.76. The monoisotopic (exact) mass is 405 g/mol. The molecule has 1 fully saturated rings. The minimum absolute atomic E-state index is 0.349. The number of thiazole rings is 1. The molecule has 2 aromatic heterocycles. The lowest BCUT2D eigenvalue weighted by atomic mass is 10.2. The van der Waals surface area contributed by atoms with Crippen LogP contribution in [0.1, 0.15) is 42.1 Å². The Morgan fingerprint density at radius 3 is 2.85 bits per heavy atom. The van der Waals surface area contributed by atoms with Crippen molar-refractivity contribution in [3.63, 3.8) is 0 Å². The number of guanidine groups is 1. The zero-order valence-corrected chi connectivity index (χ0v) is 18.3. The van der Waals surface area contributed by atoms with Crippen LogP contribution in [0.25, 0.3) is 0 Å². The van der Waals surface area contributed by atoms with Crippen LogP contribution in [0.15, 0.2) is 22.5 Å². The van der Waals surface area contributed by atoms with Crippen LogP contribution in [0.5, 0.6) is 0 Å². The van der Waals surface area contributed by atoms with E-state index < -0.39 is 0 Å². The van der Waals surface area contributed by atoms with Gasteiger partial charge < -0.3 is 15.5 Å². The Morgan fingerprint density at radius 1 is 1.33 bits per heavy atom. The second-order valence-electron chi connectivity index (χ2n) is 7.09. The van der Waals surface area contributed by atoms with Crippen LogP contribution in [0.3, 0.4) is 0 Å². The number of nitrogens with one attached hydrogen (secondary N) is 2. The topological polar surface area (TPSA) is 52.6 Å². The Bertz CT molecular complexity index is 730. The second kappa shape index (κ2) is 10.1. The van der Waals surface area contributed by atoms with Crippen molar-refractivity contribution >= 4 is 33.8 Å². The average molecular weight is 406 g/mol. The van der Waals surface area contributed by atoms with E-state index in [9.17, 15) is 0 Å².